The maximum Gasteiger partial charge on any atom is 0.251 e. The molecule has 0 radical (unpaired) electrons. The fraction of sp³-hybridized carbons (Fsp3) is 0.500. The van der Waals surface area contributed by atoms with E-state index in [9.17, 15) is 4.79 Å². The number of amides is 1. The Morgan fingerprint density at radius 3 is 2.72 bits per heavy atom. The van der Waals surface area contributed by atoms with Crippen LogP contribution >= 0.6 is 0 Å². The van der Waals surface area contributed by atoms with Crippen LogP contribution in [0.25, 0.3) is 0 Å². The monoisotopic (exact) mass is 250 g/mol. The molecule has 3 N–H and O–H groups in total. The van der Waals surface area contributed by atoms with Gasteiger partial charge in [0.25, 0.3) is 5.91 Å². The summed E-state index contributed by atoms with van der Waals surface area (Å²) in [4.78, 5) is 12.0. The van der Waals surface area contributed by atoms with E-state index in [0.29, 0.717) is 23.6 Å². The highest BCUT2D eigenvalue weighted by molar-refractivity contribution is 5.95. The second-order valence-electron chi connectivity index (χ2n) is 4.39. The smallest absolute Gasteiger partial charge is 0.251 e. The van der Waals surface area contributed by atoms with Crippen molar-refractivity contribution in [1.82, 2.24) is 5.32 Å². The Kier molecular flexibility index (Phi) is 5.49. The second kappa shape index (κ2) is 6.89. The van der Waals surface area contributed by atoms with E-state index in [0.717, 1.165) is 12.8 Å². The lowest BCUT2D eigenvalue weighted by Gasteiger charge is -2.14. The molecule has 1 aromatic rings. The molecule has 18 heavy (non-hydrogen) atoms. The lowest BCUT2D eigenvalue weighted by atomic mass is 10.1. The molecule has 0 saturated heterocycles. The van der Waals surface area contributed by atoms with Gasteiger partial charge in [-0.25, -0.2) is 0 Å². The molecule has 4 nitrogen and oxygen atoms in total. The molecular weight excluding hydrogens is 228 g/mol. The molecular formula is C14H22N2O2. The summed E-state index contributed by atoms with van der Waals surface area (Å²) < 4.78 is 5.37. The normalized spacial score (nSPS) is 11.9. The Labute approximate surface area is 109 Å². The summed E-state index contributed by atoms with van der Waals surface area (Å²) in [5.74, 6) is 0.523. The molecule has 1 atom stereocenters. The van der Waals surface area contributed by atoms with E-state index in [1.54, 1.807) is 18.2 Å². The Hall–Kier alpha value is -1.71. The zero-order chi connectivity index (χ0) is 13.5. The van der Waals surface area contributed by atoms with Crippen molar-refractivity contribution in [2.24, 2.45) is 0 Å². The van der Waals surface area contributed by atoms with Gasteiger partial charge in [0.05, 0.1) is 6.61 Å². The van der Waals surface area contributed by atoms with Crippen molar-refractivity contribution in [1.29, 1.82) is 0 Å². The largest absolute Gasteiger partial charge is 0.494 e. The van der Waals surface area contributed by atoms with E-state index in [1.165, 1.54) is 0 Å². The molecule has 0 bridgehead atoms. The molecule has 4 heteroatoms. The van der Waals surface area contributed by atoms with Crippen molar-refractivity contribution >= 4 is 11.6 Å². The van der Waals surface area contributed by atoms with Gasteiger partial charge in [0.1, 0.15) is 5.75 Å². The number of carbonyl (C=O) groups excluding carboxylic acids is 1. The van der Waals surface area contributed by atoms with Gasteiger partial charge in [-0.05, 0) is 32.4 Å². The number of nitrogens with one attached hydrogen (secondary N) is 1. The van der Waals surface area contributed by atoms with Gasteiger partial charge < -0.3 is 15.8 Å². The fourth-order valence-corrected chi connectivity index (χ4v) is 1.82. The van der Waals surface area contributed by atoms with Crippen LogP contribution in [0.4, 0.5) is 5.69 Å². The van der Waals surface area contributed by atoms with Crippen LogP contribution in [0, 0.1) is 0 Å². The standard InChI is InChI=1S/C14H22N2O2/c1-4-6-10(3)16-14(17)11-7-12(15)9-13(8-11)18-5-2/h7-10H,4-6,15H2,1-3H3,(H,16,17). The molecule has 0 aliphatic carbocycles. The first-order valence-corrected chi connectivity index (χ1v) is 6.41. The van der Waals surface area contributed by atoms with Crippen LogP contribution in [0.1, 0.15) is 44.0 Å². The lowest BCUT2D eigenvalue weighted by molar-refractivity contribution is 0.0938. The third-order valence-electron chi connectivity index (χ3n) is 2.60. The summed E-state index contributed by atoms with van der Waals surface area (Å²) in [6.07, 6.45) is 2.01. The van der Waals surface area contributed by atoms with E-state index in [2.05, 4.69) is 12.2 Å². The fourth-order valence-electron chi connectivity index (χ4n) is 1.82. The molecule has 0 heterocycles. The maximum atomic E-state index is 12.0. The summed E-state index contributed by atoms with van der Waals surface area (Å²) in [6.45, 7) is 6.54. The summed E-state index contributed by atoms with van der Waals surface area (Å²) in [6, 6.07) is 5.26. The van der Waals surface area contributed by atoms with Crippen LogP contribution in [0.5, 0.6) is 5.75 Å². The van der Waals surface area contributed by atoms with Crippen LogP contribution in [0.2, 0.25) is 0 Å². The molecule has 0 fully saturated rings. The number of nitrogen functional groups attached to an aromatic ring is 1. The maximum absolute atomic E-state index is 12.0. The minimum atomic E-state index is -0.107. The number of benzene rings is 1. The van der Waals surface area contributed by atoms with Gasteiger partial charge in [-0.3, -0.25) is 4.79 Å². The molecule has 1 aromatic carbocycles. The number of rotatable bonds is 6. The highest BCUT2D eigenvalue weighted by Crippen LogP contribution is 2.19. The van der Waals surface area contributed by atoms with Gasteiger partial charge in [0, 0.05) is 23.4 Å². The minimum Gasteiger partial charge on any atom is -0.494 e. The first-order chi connectivity index (χ1) is 8.56. The minimum absolute atomic E-state index is 0.107. The topological polar surface area (TPSA) is 64.4 Å². The quantitative estimate of drug-likeness (QED) is 0.763. The van der Waals surface area contributed by atoms with Crippen molar-refractivity contribution in [2.45, 2.75) is 39.7 Å². The molecule has 1 unspecified atom stereocenters. The Morgan fingerprint density at radius 2 is 2.11 bits per heavy atom. The first-order valence-electron chi connectivity index (χ1n) is 6.41. The summed E-state index contributed by atoms with van der Waals surface area (Å²) >= 11 is 0. The third kappa shape index (κ3) is 4.28. The average molecular weight is 250 g/mol. The highest BCUT2D eigenvalue weighted by Gasteiger charge is 2.11. The first kappa shape index (κ1) is 14.4. The Balaban J connectivity index is 2.78. The molecule has 0 aliphatic heterocycles. The number of hydrogen-bond acceptors (Lipinski definition) is 3. The van der Waals surface area contributed by atoms with Crippen molar-refractivity contribution in [3.8, 4) is 5.75 Å². The Bertz CT molecular complexity index is 405. The second-order valence-corrected chi connectivity index (χ2v) is 4.39. The van der Waals surface area contributed by atoms with E-state index in [-0.39, 0.29) is 11.9 Å². The molecule has 100 valence electrons. The zero-order valence-corrected chi connectivity index (χ0v) is 11.3. The summed E-state index contributed by atoms with van der Waals surface area (Å²) in [5, 5.41) is 2.94. The predicted octanol–water partition coefficient (Wildman–Crippen LogP) is 2.59. The number of ether oxygens (including phenoxy) is 1. The molecule has 0 saturated carbocycles. The average Bonchev–Trinajstić information content (AvgIpc) is 2.28. The number of hydrogen-bond donors (Lipinski definition) is 2. The molecule has 0 spiro atoms. The number of carbonyl (C=O) groups is 1. The number of anilines is 1. The van der Waals surface area contributed by atoms with Gasteiger partial charge in [-0.1, -0.05) is 13.3 Å². The van der Waals surface area contributed by atoms with Crippen LogP contribution in [0.15, 0.2) is 18.2 Å². The van der Waals surface area contributed by atoms with Gasteiger partial charge in [0.2, 0.25) is 0 Å². The van der Waals surface area contributed by atoms with Crippen molar-refractivity contribution in [3.05, 3.63) is 23.8 Å². The zero-order valence-electron chi connectivity index (χ0n) is 11.3. The molecule has 1 amide bonds. The van der Waals surface area contributed by atoms with E-state index >= 15 is 0 Å². The SMILES string of the molecule is CCCC(C)NC(=O)c1cc(N)cc(OCC)c1. The predicted molar refractivity (Wildman–Crippen MR) is 73.9 cm³/mol. The number of nitrogens with two attached hydrogens (primary N) is 1. The molecule has 0 aromatic heterocycles. The van der Waals surface area contributed by atoms with E-state index < -0.39 is 0 Å². The van der Waals surface area contributed by atoms with Gasteiger partial charge in [-0.2, -0.15) is 0 Å². The third-order valence-corrected chi connectivity index (χ3v) is 2.60. The van der Waals surface area contributed by atoms with Gasteiger partial charge >= 0.3 is 0 Å². The van der Waals surface area contributed by atoms with E-state index in [1.807, 2.05) is 13.8 Å². The van der Waals surface area contributed by atoms with Crippen LogP contribution in [-0.4, -0.2) is 18.6 Å². The van der Waals surface area contributed by atoms with E-state index in [4.69, 9.17) is 10.5 Å². The van der Waals surface area contributed by atoms with Gasteiger partial charge in [0.15, 0.2) is 0 Å². The summed E-state index contributed by atoms with van der Waals surface area (Å²) in [5.41, 5.74) is 6.84. The van der Waals surface area contributed by atoms with Gasteiger partial charge in [-0.15, -0.1) is 0 Å². The van der Waals surface area contributed by atoms with Crippen LogP contribution in [-0.2, 0) is 0 Å². The van der Waals surface area contributed by atoms with Crippen molar-refractivity contribution in [2.75, 3.05) is 12.3 Å². The molecule has 0 aliphatic rings. The van der Waals surface area contributed by atoms with Crippen molar-refractivity contribution < 1.29 is 9.53 Å². The highest BCUT2D eigenvalue weighted by atomic mass is 16.5. The lowest BCUT2D eigenvalue weighted by Crippen LogP contribution is -2.32. The van der Waals surface area contributed by atoms with Crippen LogP contribution < -0.4 is 15.8 Å². The van der Waals surface area contributed by atoms with Crippen molar-refractivity contribution in [3.63, 3.8) is 0 Å². The Morgan fingerprint density at radius 1 is 1.39 bits per heavy atom. The summed E-state index contributed by atoms with van der Waals surface area (Å²) in [7, 11) is 0. The molecule has 1 rings (SSSR count). The van der Waals surface area contributed by atoms with Crippen LogP contribution in [0.3, 0.4) is 0 Å².